The number of piperidine rings is 1. The number of fused-ring (bicyclic) bond motifs is 1. The fraction of sp³-hybridized carbons (Fsp3) is 0.348. The molecular formula is C23H24N4O3S. The second kappa shape index (κ2) is 8.28. The lowest BCUT2D eigenvalue weighted by atomic mass is 10.1. The van der Waals surface area contributed by atoms with Crippen molar-refractivity contribution in [2.45, 2.75) is 38.8 Å². The van der Waals surface area contributed by atoms with E-state index in [9.17, 15) is 9.59 Å². The van der Waals surface area contributed by atoms with Crippen LogP contribution in [0.1, 0.15) is 37.4 Å². The summed E-state index contributed by atoms with van der Waals surface area (Å²) in [6.07, 6.45) is 3.91. The van der Waals surface area contributed by atoms with Gasteiger partial charge in [-0.25, -0.2) is 9.78 Å². The first-order valence-corrected chi connectivity index (χ1v) is 11.5. The van der Waals surface area contributed by atoms with Gasteiger partial charge in [0.15, 0.2) is 0 Å². The second-order valence-electron chi connectivity index (χ2n) is 7.80. The summed E-state index contributed by atoms with van der Waals surface area (Å²) in [5.41, 5.74) is 2.02. The van der Waals surface area contributed by atoms with Crippen molar-refractivity contribution in [1.29, 1.82) is 0 Å². The summed E-state index contributed by atoms with van der Waals surface area (Å²) in [6, 6.07) is 11.8. The predicted octanol–water partition coefficient (Wildman–Crippen LogP) is 3.41. The minimum atomic E-state index is -0.293. The molecule has 4 heterocycles. The molecule has 1 aliphatic rings. The lowest BCUT2D eigenvalue weighted by Crippen LogP contribution is -2.45. The molecule has 1 saturated heterocycles. The third-order valence-electron chi connectivity index (χ3n) is 5.84. The largest absolute Gasteiger partial charge is 0.447 e. The number of thiophene rings is 1. The van der Waals surface area contributed by atoms with E-state index in [0.717, 1.165) is 48.5 Å². The van der Waals surface area contributed by atoms with Gasteiger partial charge in [-0.15, -0.1) is 11.3 Å². The quantitative estimate of drug-likeness (QED) is 0.518. The Hall–Kier alpha value is -2.97. The molecular weight excluding hydrogens is 412 g/mol. The van der Waals surface area contributed by atoms with Gasteiger partial charge in [-0.3, -0.25) is 13.9 Å². The molecule has 31 heavy (non-hydrogen) atoms. The SMILES string of the molecule is CCc1coc(Cn2c(=O)n(C3CCNCC3)c(=O)c3sc(-c4ccccc4)cc32)n1. The van der Waals surface area contributed by atoms with Crippen LogP contribution >= 0.6 is 11.3 Å². The number of hydrogen-bond acceptors (Lipinski definition) is 6. The van der Waals surface area contributed by atoms with Crippen molar-refractivity contribution in [3.63, 3.8) is 0 Å². The van der Waals surface area contributed by atoms with Gasteiger partial charge < -0.3 is 9.73 Å². The minimum Gasteiger partial charge on any atom is -0.447 e. The molecule has 0 spiro atoms. The van der Waals surface area contributed by atoms with E-state index in [2.05, 4.69) is 10.3 Å². The molecule has 1 N–H and O–H groups in total. The van der Waals surface area contributed by atoms with E-state index in [1.165, 1.54) is 15.9 Å². The van der Waals surface area contributed by atoms with Crippen LogP contribution < -0.4 is 16.6 Å². The molecule has 0 aliphatic carbocycles. The van der Waals surface area contributed by atoms with Gasteiger partial charge in [0.05, 0.1) is 11.2 Å². The molecule has 0 unspecified atom stereocenters. The highest BCUT2D eigenvalue weighted by Crippen LogP contribution is 2.32. The van der Waals surface area contributed by atoms with Crippen molar-refractivity contribution in [1.82, 2.24) is 19.4 Å². The van der Waals surface area contributed by atoms with Crippen LogP contribution in [0, 0.1) is 0 Å². The lowest BCUT2D eigenvalue weighted by molar-refractivity contribution is 0.344. The van der Waals surface area contributed by atoms with E-state index in [-0.39, 0.29) is 23.8 Å². The Morgan fingerprint density at radius 2 is 1.97 bits per heavy atom. The van der Waals surface area contributed by atoms with Crippen molar-refractivity contribution in [3.05, 3.63) is 75.1 Å². The molecule has 0 bridgehead atoms. The first-order chi connectivity index (χ1) is 15.2. The number of benzene rings is 1. The highest BCUT2D eigenvalue weighted by Gasteiger charge is 2.24. The van der Waals surface area contributed by atoms with Crippen molar-refractivity contribution in [2.75, 3.05) is 13.1 Å². The molecule has 1 aliphatic heterocycles. The topological polar surface area (TPSA) is 82.1 Å². The maximum absolute atomic E-state index is 13.6. The third kappa shape index (κ3) is 3.66. The molecule has 1 aromatic carbocycles. The Kier molecular flexibility index (Phi) is 5.33. The molecule has 1 fully saturated rings. The van der Waals surface area contributed by atoms with Gasteiger partial charge >= 0.3 is 5.69 Å². The lowest BCUT2D eigenvalue weighted by Gasteiger charge is -2.24. The van der Waals surface area contributed by atoms with Crippen LogP contribution in [0.3, 0.4) is 0 Å². The van der Waals surface area contributed by atoms with Gasteiger partial charge in [-0.05, 0) is 44.0 Å². The molecule has 0 amide bonds. The Morgan fingerprint density at radius 3 is 2.68 bits per heavy atom. The average molecular weight is 437 g/mol. The Labute approximate surface area is 183 Å². The van der Waals surface area contributed by atoms with Gasteiger partial charge in [-0.2, -0.15) is 0 Å². The monoisotopic (exact) mass is 436 g/mol. The van der Waals surface area contributed by atoms with E-state index >= 15 is 0 Å². The Bertz CT molecular complexity index is 1330. The van der Waals surface area contributed by atoms with Crippen molar-refractivity contribution >= 4 is 21.6 Å². The van der Waals surface area contributed by atoms with Crippen LogP contribution in [0.15, 0.2) is 56.7 Å². The van der Waals surface area contributed by atoms with E-state index < -0.39 is 0 Å². The standard InChI is InChI=1S/C23H24N4O3S/c1-2-16-14-30-20(25-16)13-26-18-12-19(15-6-4-3-5-7-15)31-21(18)22(28)27(23(26)29)17-8-10-24-11-9-17/h3-7,12,14,17,24H,2,8-11,13H2,1H3. The van der Waals surface area contributed by atoms with Crippen LogP contribution in [0.4, 0.5) is 0 Å². The van der Waals surface area contributed by atoms with Crippen molar-refractivity contribution in [2.24, 2.45) is 0 Å². The smallest absolute Gasteiger partial charge is 0.332 e. The summed E-state index contributed by atoms with van der Waals surface area (Å²) in [6.45, 7) is 3.81. The van der Waals surface area contributed by atoms with Crippen LogP contribution in [0.5, 0.6) is 0 Å². The molecule has 0 atom stereocenters. The van der Waals surface area contributed by atoms with Crippen LogP contribution in [0.2, 0.25) is 0 Å². The first-order valence-electron chi connectivity index (χ1n) is 10.6. The number of aryl methyl sites for hydroxylation is 1. The summed E-state index contributed by atoms with van der Waals surface area (Å²) in [4.78, 5) is 32.5. The number of rotatable bonds is 5. The maximum Gasteiger partial charge on any atom is 0.332 e. The molecule has 8 heteroatoms. The minimum absolute atomic E-state index is 0.102. The third-order valence-corrected chi connectivity index (χ3v) is 7.00. The number of oxazole rings is 1. The summed E-state index contributed by atoms with van der Waals surface area (Å²) >= 11 is 1.44. The average Bonchev–Trinajstić information content (AvgIpc) is 3.45. The zero-order valence-corrected chi connectivity index (χ0v) is 18.2. The number of nitrogens with zero attached hydrogens (tertiary/aromatic N) is 3. The van der Waals surface area contributed by atoms with Crippen LogP contribution in [0.25, 0.3) is 20.7 Å². The molecule has 160 valence electrons. The van der Waals surface area contributed by atoms with Gasteiger partial charge in [0, 0.05) is 10.9 Å². The number of nitrogens with one attached hydrogen (secondary N) is 1. The molecule has 7 nitrogen and oxygen atoms in total. The van der Waals surface area contributed by atoms with Gasteiger partial charge in [0.1, 0.15) is 17.5 Å². The summed E-state index contributed by atoms with van der Waals surface area (Å²) in [5, 5.41) is 3.30. The maximum atomic E-state index is 13.6. The highest BCUT2D eigenvalue weighted by molar-refractivity contribution is 7.22. The number of hydrogen-bond donors (Lipinski definition) is 1. The number of aromatic nitrogens is 3. The fourth-order valence-corrected chi connectivity index (χ4v) is 5.27. The van der Waals surface area contributed by atoms with E-state index in [1.807, 2.05) is 43.3 Å². The normalized spacial score (nSPS) is 15.0. The molecule has 5 rings (SSSR count). The fourth-order valence-electron chi connectivity index (χ4n) is 4.17. The highest BCUT2D eigenvalue weighted by atomic mass is 32.1. The Balaban J connectivity index is 1.72. The van der Waals surface area contributed by atoms with Crippen LogP contribution in [-0.2, 0) is 13.0 Å². The first kappa shape index (κ1) is 20.0. The van der Waals surface area contributed by atoms with Crippen molar-refractivity contribution in [3.8, 4) is 10.4 Å². The second-order valence-corrected chi connectivity index (χ2v) is 8.85. The zero-order chi connectivity index (χ0) is 21.4. The molecule has 4 aromatic rings. The van der Waals surface area contributed by atoms with Crippen LogP contribution in [-0.4, -0.2) is 27.2 Å². The van der Waals surface area contributed by atoms with Gasteiger partial charge in [0.2, 0.25) is 5.89 Å². The van der Waals surface area contributed by atoms with E-state index in [1.54, 1.807) is 10.8 Å². The molecule has 0 radical (unpaired) electrons. The summed E-state index contributed by atoms with van der Waals surface area (Å²) < 4.78 is 9.30. The Morgan fingerprint density at radius 1 is 1.19 bits per heavy atom. The van der Waals surface area contributed by atoms with Gasteiger partial charge in [-0.1, -0.05) is 37.3 Å². The molecule has 0 saturated carbocycles. The van der Waals surface area contributed by atoms with E-state index in [4.69, 9.17) is 4.42 Å². The van der Waals surface area contributed by atoms with Crippen molar-refractivity contribution < 1.29 is 4.42 Å². The predicted molar refractivity (Wildman–Crippen MR) is 122 cm³/mol. The zero-order valence-electron chi connectivity index (χ0n) is 17.3. The summed E-state index contributed by atoms with van der Waals surface area (Å²) in [5.74, 6) is 0.475. The van der Waals surface area contributed by atoms with Gasteiger partial charge in [0.25, 0.3) is 5.56 Å². The summed E-state index contributed by atoms with van der Waals surface area (Å²) in [7, 11) is 0. The molecule has 3 aromatic heterocycles. The van der Waals surface area contributed by atoms with E-state index in [0.29, 0.717) is 16.1 Å².